The molecule has 1 rings (SSSR count). The van der Waals surface area contributed by atoms with E-state index in [-0.39, 0.29) is 18.3 Å². The first-order chi connectivity index (χ1) is 9.12. The van der Waals surface area contributed by atoms with Gasteiger partial charge in [0.1, 0.15) is 6.04 Å². The standard InChI is InChI=1S/C13H16BrNO3S/c1-2-18-13(17)11(8-19)15-12(16)10-5-3-9(7-14)4-6-10/h3-6,11,19H,2,7-8H2,1H3,(H,15,16)/t11-/m1/s1. The number of benzene rings is 1. The third-order valence-corrected chi connectivity index (χ3v) is 3.44. The summed E-state index contributed by atoms with van der Waals surface area (Å²) in [5.41, 5.74) is 1.58. The van der Waals surface area contributed by atoms with Crippen LogP contribution in [0.5, 0.6) is 0 Å². The SMILES string of the molecule is CCOC(=O)[C@@H](CS)NC(=O)c1ccc(CBr)cc1. The van der Waals surface area contributed by atoms with Crippen LogP contribution in [0, 0.1) is 0 Å². The molecule has 1 amide bonds. The van der Waals surface area contributed by atoms with Crippen molar-refractivity contribution in [2.45, 2.75) is 18.3 Å². The lowest BCUT2D eigenvalue weighted by Crippen LogP contribution is -2.43. The van der Waals surface area contributed by atoms with Crippen molar-refractivity contribution in [3.63, 3.8) is 0 Å². The van der Waals surface area contributed by atoms with Crippen molar-refractivity contribution in [3.05, 3.63) is 35.4 Å². The molecule has 6 heteroatoms. The molecule has 0 aliphatic rings. The molecule has 1 aromatic rings. The van der Waals surface area contributed by atoms with Gasteiger partial charge in [0.2, 0.25) is 0 Å². The van der Waals surface area contributed by atoms with E-state index < -0.39 is 12.0 Å². The Balaban J connectivity index is 2.68. The Kier molecular flexibility index (Phi) is 6.94. The lowest BCUT2D eigenvalue weighted by atomic mass is 10.1. The van der Waals surface area contributed by atoms with E-state index in [1.807, 2.05) is 12.1 Å². The summed E-state index contributed by atoms with van der Waals surface area (Å²) < 4.78 is 4.86. The van der Waals surface area contributed by atoms with Crippen LogP contribution < -0.4 is 5.32 Å². The fourth-order valence-electron chi connectivity index (χ4n) is 1.41. The largest absolute Gasteiger partial charge is 0.464 e. The minimum atomic E-state index is -0.730. The van der Waals surface area contributed by atoms with Gasteiger partial charge < -0.3 is 10.1 Å². The molecule has 4 nitrogen and oxygen atoms in total. The maximum absolute atomic E-state index is 12.0. The molecule has 19 heavy (non-hydrogen) atoms. The zero-order chi connectivity index (χ0) is 14.3. The molecule has 0 saturated carbocycles. The number of carbonyl (C=O) groups is 2. The molecule has 0 radical (unpaired) electrons. The summed E-state index contributed by atoms with van der Waals surface area (Å²) in [4.78, 5) is 23.5. The van der Waals surface area contributed by atoms with Crippen molar-refractivity contribution in [3.8, 4) is 0 Å². The van der Waals surface area contributed by atoms with Crippen LogP contribution in [0.1, 0.15) is 22.8 Å². The zero-order valence-corrected chi connectivity index (χ0v) is 13.0. The Bertz CT molecular complexity index is 436. The normalized spacial score (nSPS) is 11.7. The van der Waals surface area contributed by atoms with E-state index in [1.165, 1.54) is 0 Å². The maximum Gasteiger partial charge on any atom is 0.329 e. The first kappa shape index (κ1) is 16.0. The highest BCUT2D eigenvalue weighted by molar-refractivity contribution is 9.08. The molecular formula is C13H16BrNO3S. The summed E-state index contributed by atoms with van der Waals surface area (Å²) in [6, 6.07) is 6.40. The van der Waals surface area contributed by atoms with E-state index in [1.54, 1.807) is 19.1 Å². The molecule has 0 saturated heterocycles. The van der Waals surface area contributed by atoms with E-state index >= 15 is 0 Å². The van der Waals surface area contributed by atoms with Gasteiger partial charge in [-0.25, -0.2) is 4.79 Å². The van der Waals surface area contributed by atoms with E-state index in [0.717, 1.165) is 10.9 Å². The Morgan fingerprint density at radius 3 is 2.47 bits per heavy atom. The van der Waals surface area contributed by atoms with Crippen molar-refractivity contribution in [2.24, 2.45) is 0 Å². The number of rotatable bonds is 6. The number of esters is 1. The molecule has 1 atom stereocenters. The van der Waals surface area contributed by atoms with Crippen LogP contribution in [0.3, 0.4) is 0 Å². The molecule has 0 heterocycles. The van der Waals surface area contributed by atoms with Crippen LogP contribution >= 0.6 is 28.6 Å². The predicted octanol–water partition coefficient (Wildman–Crippen LogP) is 2.17. The first-order valence-electron chi connectivity index (χ1n) is 5.85. The van der Waals surface area contributed by atoms with Crippen molar-refractivity contribution in [2.75, 3.05) is 12.4 Å². The maximum atomic E-state index is 12.0. The molecule has 0 fully saturated rings. The van der Waals surface area contributed by atoms with Crippen molar-refractivity contribution >= 4 is 40.4 Å². The number of nitrogens with one attached hydrogen (secondary N) is 1. The minimum absolute atomic E-state index is 0.198. The highest BCUT2D eigenvalue weighted by atomic mass is 79.9. The number of alkyl halides is 1. The smallest absolute Gasteiger partial charge is 0.329 e. The minimum Gasteiger partial charge on any atom is -0.464 e. The van der Waals surface area contributed by atoms with Crippen LogP contribution in [0.4, 0.5) is 0 Å². The Hall–Kier alpha value is -1.01. The molecule has 0 aliphatic carbocycles. The van der Waals surface area contributed by atoms with Crippen LogP contribution in [-0.2, 0) is 14.9 Å². The third kappa shape index (κ3) is 4.87. The number of hydrogen-bond donors (Lipinski definition) is 2. The van der Waals surface area contributed by atoms with Crippen LogP contribution in [0.15, 0.2) is 24.3 Å². The zero-order valence-electron chi connectivity index (χ0n) is 10.6. The first-order valence-corrected chi connectivity index (χ1v) is 7.61. The van der Waals surface area contributed by atoms with Gasteiger partial charge in [-0.05, 0) is 24.6 Å². The highest BCUT2D eigenvalue weighted by Gasteiger charge is 2.20. The summed E-state index contributed by atoms with van der Waals surface area (Å²) in [6.45, 7) is 1.99. The van der Waals surface area contributed by atoms with Gasteiger partial charge in [0.15, 0.2) is 0 Å². The molecular weight excluding hydrogens is 330 g/mol. The van der Waals surface area contributed by atoms with Gasteiger partial charge in [-0.1, -0.05) is 28.1 Å². The molecule has 0 spiro atoms. The number of amides is 1. The van der Waals surface area contributed by atoms with Crippen molar-refractivity contribution in [1.82, 2.24) is 5.32 Å². The number of hydrogen-bond acceptors (Lipinski definition) is 4. The van der Waals surface area contributed by atoms with E-state index in [2.05, 4.69) is 33.9 Å². The van der Waals surface area contributed by atoms with Crippen LogP contribution in [-0.4, -0.2) is 30.3 Å². The molecule has 0 aromatic heterocycles. The van der Waals surface area contributed by atoms with Gasteiger partial charge in [0, 0.05) is 16.6 Å². The highest BCUT2D eigenvalue weighted by Crippen LogP contribution is 2.08. The second-order valence-corrected chi connectivity index (χ2v) is 4.72. The predicted molar refractivity (Wildman–Crippen MR) is 80.8 cm³/mol. The lowest BCUT2D eigenvalue weighted by Gasteiger charge is -2.15. The molecule has 1 N–H and O–H groups in total. The van der Waals surface area contributed by atoms with Gasteiger partial charge in [-0.3, -0.25) is 4.79 Å². The molecule has 0 unspecified atom stereocenters. The van der Waals surface area contributed by atoms with E-state index in [9.17, 15) is 9.59 Å². The van der Waals surface area contributed by atoms with Crippen LogP contribution in [0.25, 0.3) is 0 Å². The van der Waals surface area contributed by atoms with Crippen molar-refractivity contribution < 1.29 is 14.3 Å². The Morgan fingerprint density at radius 1 is 1.37 bits per heavy atom. The van der Waals surface area contributed by atoms with E-state index in [0.29, 0.717) is 5.56 Å². The average molecular weight is 346 g/mol. The van der Waals surface area contributed by atoms with Gasteiger partial charge in [-0.2, -0.15) is 12.6 Å². The molecule has 1 aromatic carbocycles. The number of ether oxygens (including phenoxy) is 1. The molecule has 104 valence electrons. The summed E-state index contributed by atoms with van der Waals surface area (Å²) >= 11 is 7.38. The monoisotopic (exact) mass is 345 g/mol. The average Bonchev–Trinajstić information content (AvgIpc) is 2.44. The fourth-order valence-corrected chi connectivity index (χ4v) is 2.02. The Labute approximate surface area is 126 Å². The fraction of sp³-hybridized carbons (Fsp3) is 0.385. The quantitative estimate of drug-likeness (QED) is 0.472. The molecule has 0 bridgehead atoms. The van der Waals surface area contributed by atoms with Gasteiger partial charge in [-0.15, -0.1) is 0 Å². The third-order valence-electron chi connectivity index (χ3n) is 2.43. The van der Waals surface area contributed by atoms with E-state index in [4.69, 9.17) is 4.74 Å². The van der Waals surface area contributed by atoms with Crippen molar-refractivity contribution in [1.29, 1.82) is 0 Å². The van der Waals surface area contributed by atoms with Gasteiger partial charge >= 0.3 is 5.97 Å². The van der Waals surface area contributed by atoms with Gasteiger partial charge in [0.05, 0.1) is 6.61 Å². The number of thiol groups is 1. The summed E-state index contributed by atoms with van der Waals surface area (Å²) in [5.74, 6) is -0.583. The number of carbonyl (C=O) groups excluding carboxylic acids is 2. The Morgan fingerprint density at radius 2 is 2.00 bits per heavy atom. The van der Waals surface area contributed by atoms with Gasteiger partial charge in [0.25, 0.3) is 5.91 Å². The molecule has 0 aliphatic heterocycles. The second-order valence-electron chi connectivity index (χ2n) is 3.79. The second kappa shape index (κ2) is 8.22. The lowest BCUT2D eigenvalue weighted by molar-refractivity contribution is -0.144. The van der Waals surface area contributed by atoms with Crippen LogP contribution in [0.2, 0.25) is 0 Å². The summed E-state index contributed by atoms with van der Waals surface area (Å²) in [7, 11) is 0. The number of halogens is 1. The topological polar surface area (TPSA) is 55.4 Å². The summed E-state index contributed by atoms with van der Waals surface area (Å²) in [5, 5.41) is 3.34. The summed E-state index contributed by atoms with van der Waals surface area (Å²) in [6.07, 6.45) is 0.